The molecule has 7 nitrogen and oxygen atoms in total. The topological polar surface area (TPSA) is 82.1 Å². The first-order valence-corrected chi connectivity index (χ1v) is 8.43. The molecule has 0 rings (SSSR count). The molecule has 0 heterocycles. The second-order valence-electron chi connectivity index (χ2n) is 5.03. The monoisotopic (exact) mass is 324 g/mol. The lowest BCUT2D eigenvalue weighted by atomic mass is 10.4. The van der Waals surface area contributed by atoms with Crippen molar-refractivity contribution in [2.45, 2.75) is 20.8 Å². The molecule has 0 aliphatic heterocycles. The Kier molecular flexibility index (Phi) is 9.01. The highest BCUT2D eigenvalue weighted by atomic mass is 31.2. The molecule has 0 aromatic heterocycles. The van der Waals surface area contributed by atoms with Crippen LogP contribution >= 0.6 is 7.82 Å². The van der Waals surface area contributed by atoms with E-state index >= 15 is 0 Å². The Hall–Kier alpha value is -0.720. The summed E-state index contributed by atoms with van der Waals surface area (Å²) < 4.78 is 26.7. The molecule has 0 spiro atoms. The van der Waals surface area contributed by atoms with Gasteiger partial charge in [0.1, 0.15) is 19.8 Å². The molecule has 0 saturated carbocycles. The van der Waals surface area contributed by atoms with Gasteiger partial charge in [-0.3, -0.25) is 9.05 Å². The van der Waals surface area contributed by atoms with Gasteiger partial charge in [-0.2, -0.15) is 0 Å². The van der Waals surface area contributed by atoms with Crippen molar-refractivity contribution in [3.05, 3.63) is 12.2 Å². The molecule has 0 bridgehead atoms. The second kappa shape index (κ2) is 9.33. The van der Waals surface area contributed by atoms with Crippen LogP contribution in [-0.4, -0.2) is 61.8 Å². The Morgan fingerprint density at radius 2 is 1.71 bits per heavy atom. The lowest BCUT2D eigenvalue weighted by Gasteiger charge is -2.31. The van der Waals surface area contributed by atoms with Gasteiger partial charge in [0.25, 0.3) is 0 Å². The lowest BCUT2D eigenvalue weighted by Crippen LogP contribution is -2.45. The predicted molar refractivity (Wildman–Crippen MR) is 79.6 cm³/mol. The predicted octanol–water partition coefficient (Wildman–Crippen LogP) is 1.73. The molecule has 0 fully saturated rings. The molecular weight excluding hydrogens is 297 g/mol. The van der Waals surface area contributed by atoms with E-state index in [1.165, 1.54) is 6.92 Å². The summed E-state index contributed by atoms with van der Waals surface area (Å²) in [5.74, 6) is -0.564. The van der Waals surface area contributed by atoms with Crippen molar-refractivity contribution < 1.29 is 32.5 Å². The largest absolute Gasteiger partial charge is 0.472 e. The average molecular weight is 324 g/mol. The van der Waals surface area contributed by atoms with Crippen LogP contribution in [0.3, 0.4) is 0 Å². The fourth-order valence-corrected chi connectivity index (χ4v) is 2.06. The van der Waals surface area contributed by atoms with Gasteiger partial charge >= 0.3 is 13.8 Å². The zero-order valence-corrected chi connectivity index (χ0v) is 14.2. The van der Waals surface area contributed by atoms with Crippen molar-refractivity contribution in [2.75, 3.05) is 46.5 Å². The summed E-state index contributed by atoms with van der Waals surface area (Å²) in [6, 6.07) is 0. The third kappa shape index (κ3) is 9.01. The van der Waals surface area contributed by atoms with Crippen molar-refractivity contribution in [2.24, 2.45) is 0 Å². The van der Waals surface area contributed by atoms with Crippen LogP contribution in [0.5, 0.6) is 0 Å². The minimum absolute atomic E-state index is 0.123. The number of carbonyl (C=O) groups excluding carboxylic acids is 1. The van der Waals surface area contributed by atoms with E-state index in [9.17, 15) is 14.3 Å². The molecule has 0 aromatic rings. The van der Waals surface area contributed by atoms with Crippen LogP contribution in [0, 0.1) is 0 Å². The molecule has 0 radical (unpaired) electrons. The number of rotatable bonds is 11. The highest BCUT2D eigenvalue weighted by Crippen LogP contribution is 2.42. The Bertz CT molecular complexity index is 394. The standard InChI is InChI=1S/C13H26NO6P/c1-6-14(5,7-2)8-9-19-21(16,17)20-11-10-18-13(15)12(3)4/h3,6-11H2,1-2,4-5H3/p+1. The van der Waals surface area contributed by atoms with E-state index in [1.807, 2.05) is 7.05 Å². The number of ether oxygens (including phenoxy) is 1. The third-order valence-electron chi connectivity index (χ3n) is 3.33. The average Bonchev–Trinajstić information content (AvgIpc) is 2.42. The maximum absolute atomic E-state index is 11.6. The SMILES string of the molecule is C=C(C)C(=O)OCCOP(=O)(O)OCC[N+](C)(CC)CC. The summed E-state index contributed by atoms with van der Waals surface area (Å²) in [6.07, 6.45) is 0. The molecule has 0 saturated heterocycles. The number of hydrogen-bond donors (Lipinski definition) is 1. The minimum Gasteiger partial charge on any atom is -0.460 e. The van der Waals surface area contributed by atoms with Crippen LogP contribution in [0.15, 0.2) is 12.2 Å². The Balaban J connectivity index is 3.97. The molecule has 8 heteroatoms. The molecule has 0 aliphatic rings. The van der Waals surface area contributed by atoms with Gasteiger partial charge in [0.05, 0.1) is 26.7 Å². The molecule has 0 aliphatic carbocycles. The van der Waals surface area contributed by atoms with E-state index in [0.29, 0.717) is 6.54 Å². The van der Waals surface area contributed by atoms with Gasteiger partial charge in [-0.1, -0.05) is 6.58 Å². The van der Waals surface area contributed by atoms with Crippen molar-refractivity contribution in [3.63, 3.8) is 0 Å². The van der Waals surface area contributed by atoms with Gasteiger partial charge in [0, 0.05) is 5.57 Å². The van der Waals surface area contributed by atoms with Crippen LogP contribution in [0.4, 0.5) is 0 Å². The van der Waals surface area contributed by atoms with Gasteiger partial charge in [0.2, 0.25) is 0 Å². The van der Waals surface area contributed by atoms with E-state index in [0.717, 1.165) is 17.6 Å². The smallest absolute Gasteiger partial charge is 0.460 e. The first kappa shape index (κ1) is 20.3. The Morgan fingerprint density at radius 1 is 1.19 bits per heavy atom. The first-order valence-electron chi connectivity index (χ1n) is 6.94. The van der Waals surface area contributed by atoms with Crippen LogP contribution < -0.4 is 0 Å². The summed E-state index contributed by atoms with van der Waals surface area (Å²) in [5, 5.41) is 0. The molecule has 1 atom stereocenters. The van der Waals surface area contributed by atoms with Crippen LogP contribution in [0.2, 0.25) is 0 Å². The molecule has 0 amide bonds. The summed E-state index contributed by atoms with van der Waals surface area (Å²) in [5.41, 5.74) is 0.259. The molecule has 1 unspecified atom stereocenters. The number of carbonyl (C=O) groups is 1. The van der Waals surface area contributed by atoms with Crippen LogP contribution in [0.1, 0.15) is 20.8 Å². The lowest BCUT2D eigenvalue weighted by molar-refractivity contribution is -0.906. The molecule has 0 aromatic carbocycles. The zero-order chi connectivity index (χ0) is 16.5. The number of phosphoric ester groups is 1. The quantitative estimate of drug-likeness (QED) is 0.205. The summed E-state index contributed by atoms with van der Waals surface area (Å²) >= 11 is 0. The Labute approximate surface area is 126 Å². The number of esters is 1. The van der Waals surface area contributed by atoms with Gasteiger partial charge in [-0.25, -0.2) is 9.36 Å². The fraction of sp³-hybridized carbons (Fsp3) is 0.769. The summed E-state index contributed by atoms with van der Waals surface area (Å²) in [6.45, 7) is 11.3. The number of nitrogens with zero attached hydrogens (tertiary/aromatic N) is 1. The van der Waals surface area contributed by atoms with Crippen molar-refractivity contribution in [3.8, 4) is 0 Å². The van der Waals surface area contributed by atoms with Crippen molar-refractivity contribution in [1.82, 2.24) is 0 Å². The van der Waals surface area contributed by atoms with E-state index in [4.69, 9.17) is 13.8 Å². The number of likely N-dealkylation sites (N-methyl/N-ethyl adjacent to an activating group) is 1. The van der Waals surface area contributed by atoms with Crippen molar-refractivity contribution in [1.29, 1.82) is 0 Å². The van der Waals surface area contributed by atoms with E-state index in [2.05, 4.69) is 20.4 Å². The molecule has 21 heavy (non-hydrogen) atoms. The minimum atomic E-state index is -4.11. The third-order valence-corrected chi connectivity index (χ3v) is 4.35. The number of hydrogen-bond acceptors (Lipinski definition) is 5. The highest BCUT2D eigenvalue weighted by molar-refractivity contribution is 7.47. The summed E-state index contributed by atoms with van der Waals surface area (Å²) in [7, 11) is -2.06. The fourth-order valence-electron chi connectivity index (χ4n) is 1.36. The molecular formula is C13H27NO6P+. The Morgan fingerprint density at radius 3 is 2.19 bits per heavy atom. The maximum atomic E-state index is 11.6. The molecule has 124 valence electrons. The van der Waals surface area contributed by atoms with Crippen molar-refractivity contribution >= 4 is 13.8 Å². The van der Waals surface area contributed by atoms with E-state index < -0.39 is 13.8 Å². The molecule has 1 N–H and O–H groups in total. The van der Waals surface area contributed by atoms with Gasteiger partial charge in [-0.15, -0.1) is 0 Å². The van der Waals surface area contributed by atoms with E-state index in [-0.39, 0.29) is 25.4 Å². The second-order valence-corrected chi connectivity index (χ2v) is 6.48. The van der Waals surface area contributed by atoms with Crippen LogP contribution in [0.25, 0.3) is 0 Å². The normalized spacial score (nSPS) is 14.5. The first-order chi connectivity index (χ1) is 9.66. The van der Waals surface area contributed by atoms with Gasteiger partial charge in [-0.05, 0) is 20.8 Å². The van der Waals surface area contributed by atoms with Crippen LogP contribution in [-0.2, 0) is 23.1 Å². The number of quaternary nitrogens is 1. The van der Waals surface area contributed by atoms with E-state index in [1.54, 1.807) is 0 Å². The maximum Gasteiger partial charge on any atom is 0.472 e. The zero-order valence-electron chi connectivity index (χ0n) is 13.3. The number of phosphoric acid groups is 1. The van der Waals surface area contributed by atoms with Gasteiger partial charge in [0.15, 0.2) is 0 Å². The summed E-state index contributed by atoms with van der Waals surface area (Å²) in [4.78, 5) is 20.6. The van der Waals surface area contributed by atoms with Gasteiger partial charge < -0.3 is 14.1 Å². The highest BCUT2D eigenvalue weighted by Gasteiger charge is 2.24.